The molecule has 2 unspecified atom stereocenters. The minimum atomic E-state index is 0.111. The Bertz CT molecular complexity index is 344. The van der Waals surface area contributed by atoms with Crippen molar-refractivity contribution < 1.29 is 4.74 Å². The first-order valence-corrected chi connectivity index (χ1v) is 6.42. The van der Waals surface area contributed by atoms with Crippen LogP contribution >= 0.6 is 0 Å². The predicted molar refractivity (Wildman–Crippen MR) is 65.7 cm³/mol. The summed E-state index contributed by atoms with van der Waals surface area (Å²) in [5.41, 5.74) is 6.15. The average Bonchev–Trinajstić information content (AvgIpc) is 2.88. The summed E-state index contributed by atoms with van der Waals surface area (Å²) < 4.78 is 7.54. The lowest BCUT2D eigenvalue weighted by Gasteiger charge is -2.17. The quantitative estimate of drug-likeness (QED) is 0.839. The SMILES string of the molecule is CC(C)n1ncnc1CC(N)CC1CCCO1. The Balaban J connectivity index is 1.88. The molecule has 2 N–H and O–H groups in total. The maximum Gasteiger partial charge on any atom is 0.138 e. The first kappa shape index (κ1) is 12.5. The second-order valence-corrected chi connectivity index (χ2v) is 5.05. The van der Waals surface area contributed by atoms with E-state index in [0.717, 1.165) is 31.7 Å². The molecular weight excluding hydrogens is 216 g/mol. The number of hydrogen-bond donors (Lipinski definition) is 1. The number of aromatic nitrogens is 3. The summed E-state index contributed by atoms with van der Waals surface area (Å²) in [5, 5.41) is 4.22. The maximum atomic E-state index is 6.15. The Morgan fingerprint density at radius 2 is 2.41 bits per heavy atom. The van der Waals surface area contributed by atoms with Gasteiger partial charge in [-0.25, -0.2) is 9.67 Å². The van der Waals surface area contributed by atoms with Gasteiger partial charge in [-0.15, -0.1) is 0 Å². The molecule has 0 bridgehead atoms. The highest BCUT2D eigenvalue weighted by molar-refractivity contribution is 4.91. The lowest BCUT2D eigenvalue weighted by atomic mass is 10.0. The van der Waals surface area contributed by atoms with Gasteiger partial charge in [-0.2, -0.15) is 5.10 Å². The van der Waals surface area contributed by atoms with Crippen LogP contribution in [0.5, 0.6) is 0 Å². The van der Waals surface area contributed by atoms with Crippen molar-refractivity contribution in [2.75, 3.05) is 6.61 Å². The molecule has 0 aliphatic carbocycles. The molecule has 1 aliphatic heterocycles. The zero-order valence-electron chi connectivity index (χ0n) is 10.7. The summed E-state index contributed by atoms with van der Waals surface area (Å²) in [7, 11) is 0. The van der Waals surface area contributed by atoms with Gasteiger partial charge in [0.25, 0.3) is 0 Å². The summed E-state index contributed by atoms with van der Waals surface area (Å²) in [6.07, 6.45) is 5.96. The van der Waals surface area contributed by atoms with E-state index in [1.807, 2.05) is 4.68 Å². The standard InChI is InChI=1S/C12H22N4O/c1-9(2)16-12(14-8-15-16)7-10(13)6-11-4-3-5-17-11/h8-11H,3-7,13H2,1-2H3. The van der Waals surface area contributed by atoms with Crippen molar-refractivity contribution in [1.29, 1.82) is 0 Å². The molecule has 0 aromatic carbocycles. The largest absolute Gasteiger partial charge is 0.378 e. The number of hydrogen-bond acceptors (Lipinski definition) is 4. The van der Waals surface area contributed by atoms with Crippen LogP contribution in [0, 0.1) is 0 Å². The van der Waals surface area contributed by atoms with Crippen molar-refractivity contribution in [1.82, 2.24) is 14.8 Å². The van der Waals surface area contributed by atoms with Crippen molar-refractivity contribution in [3.05, 3.63) is 12.2 Å². The molecule has 2 rings (SSSR count). The molecule has 0 amide bonds. The van der Waals surface area contributed by atoms with Crippen LogP contribution < -0.4 is 5.73 Å². The normalized spacial score (nSPS) is 22.2. The van der Waals surface area contributed by atoms with Crippen LogP contribution in [0.15, 0.2) is 6.33 Å². The second kappa shape index (κ2) is 5.60. The number of ether oxygens (including phenoxy) is 1. The maximum absolute atomic E-state index is 6.15. The molecule has 5 heteroatoms. The van der Waals surface area contributed by atoms with Gasteiger partial charge in [0.05, 0.1) is 6.10 Å². The molecule has 2 heterocycles. The van der Waals surface area contributed by atoms with Gasteiger partial charge in [0.1, 0.15) is 12.2 Å². The highest BCUT2D eigenvalue weighted by Gasteiger charge is 2.20. The summed E-state index contributed by atoms with van der Waals surface area (Å²) in [6.45, 7) is 5.09. The molecule has 2 atom stereocenters. The van der Waals surface area contributed by atoms with Gasteiger partial charge in [-0.1, -0.05) is 0 Å². The van der Waals surface area contributed by atoms with E-state index >= 15 is 0 Å². The van der Waals surface area contributed by atoms with Crippen LogP contribution in [-0.4, -0.2) is 33.5 Å². The Morgan fingerprint density at radius 1 is 1.59 bits per heavy atom. The van der Waals surface area contributed by atoms with Crippen molar-refractivity contribution in [3.8, 4) is 0 Å². The smallest absolute Gasteiger partial charge is 0.138 e. The molecule has 0 spiro atoms. The van der Waals surface area contributed by atoms with E-state index in [4.69, 9.17) is 10.5 Å². The van der Waals surface area contributed by atoms with E-state index in [1.165, 1.54) is 6.42 Å². The fourth-order valence-corrected chi connectivity index (χ4v) is 2.34. The fourth-order valence-electron chi connectivity index (χ4n) is 2.34. The Kier molecular flexibility index (Phi) is 4.12. The van der Waals surface area contributed by atoms with Crippen LogP contribution in [0.3, 0.4) is 0 Å². The lowest BCUT2D eigenvalue weighted by molar-refractivity contribution is 0.0980. The van der Waals surface area contributed by atoms with Gasteiger partial charge in [0.2, 0.25) is 0 Å². The van der Waals surface area contributed by atoms with Gasteiger partial charge in [-0.05, 0) is 33.1 Å². The first-order chi connectivity index (χ1) is 8.16. The summed E-state index contributed by atoms with van der Waals surface area (Å²) in [6, 6.07) is 0.447. The van der Waals surface area contributed by atoms with Crippen LogP contribution in [0.25, 0.3) is 0 Å². The Labute approximate surface area is 102 Å². The number of rotatable bonds is 5. The molecule has 0 saturated carbocycles. The van der Waals surface area contributed by atoms with Crippen molar-refractivity contribution in [3.63, 3.8) is 0 Å². The third kappa shape index (κ3) is 3.26. The van der Waals surface area contributed by atoms with Crippen molar-refractivity contribution in [2.45, 2.75) is 57.7 Å². The molecule has 17 heavy (non-hydrogen) atoms. The topological polar surface area (TPSA) is 66.0 Å². The summed E-state index contributed by atoms with van der Waals surface area (Å²) in [4.78, 5) is 4.28. The van der Waals surface area contributed by atoms with E-state index in [0.29, 0.717) is 12.1 Å². The van der Waals surface area contributed by atoms with Crippen LogP contribution in [0.1, 0.15) is 45.0 Å². The monoisotopic (exact) mass is 238 g/mol. The lowest BCUT2D eigenvalue weighted by Crippen LogP contribution is -2.29. The predicted octanol–water partition coefficient (Wildman–Crippen LogP) is 1.30. The number of nitrogens with two attached hydrogens (primary N) is 1. The molecule has 1 aromatic rings. The summed E-state index contributed by atoms with van der Waals surface area (Å²) in [5.74, 6) is 0.977. The van der Waals surface area contributed by atoms with E-state index in [-0.39, 0.29) is 6.04 Å². The van der Waals surface area contributed by atoms with Gasteiger partial charge >= 0.3 is 0 Å². The Hall–Kier alpha value is -0.940. The Morgan fingerprint density at radius 3 is 3.06 bits per heavy atom. The van der Waals surface area contributed by atoms with E-state index in [2.05, 4.69) is 23.9 Å². The zero-order valence-corrected chi connectivity index (χ0v) is 10.7. The van der Waals surface area contributed by atoms with Gasteiger partial charge in [-0.3, -0.25) is 0 Å². The zero-order chi connectivity index (χ0) is 12.3. The average molecular weight is 238 g/mol. The third-order valence-corrected chi connectivity index (χ3v) is 3.17. The molecule has 96 valence electrons. The van der Waals surface area contributed by atoms with Crippen LogP contribution in [0.2, 0.25) is 0 Å². The molecule has 1 fully saturated rings. The summed E-state index contributed by atoms with van der Waals surface area (Å²) >= 11 is 0. The first-order valence-electron chi connectivity index (χ1n) is 6.42. The molecule has 1 aliphatic rings. The van der Waals surface area contributed by atoms with E-state index in [1.54, 1.807) is 6.33 Å². The van der Waals surface area contributed by atoms with Crippen molar-refractivity contribution in [2.24, 2.45) is 5.73 Å². The second-order valence-electron chi connectivity index (χ2n) is 5.05. The van der Waals surface area contributed by atoms with E-state index < -0.39 is 0 Å². The minimum Gasteiger partial charge on any atom is -0.378 e. The van der Waals surface area contributed by atoms with Crippen LogP contribution in [0.4, 0.5) is 0 Å². The van der Waals surface area contributed by atoms with Gasteiger partial charge in [0.15, 0.2) is 0 Å². The fraction of sp³-hybridized carbons (Fsp3) is 0.833. The molecule has 1 aromatic heterocycles. The minimum absolute atomic E-state index is 0.111. The van der Waals surface area contributed by atoms with E-state index in [9.17, 15) is 0 Å². The highest BCUT2D eigenvalue weighted by Crippen LogP contribution is 2.18. The van der Waals surface area contributed by atoms with Gasteiger partial charge < -0.3 is 10.5 Å². The van der Waals surface area contributed by atoms with Gasteiger partial charge in [0, 0.05) is 25.1 Å². The molecular formula is C12H22N4O. The third-order valence-electron chi connectivity index (χ3n) is 3.17. The molecule has 0 radical (unpaired) electrons. The van der Waals surface area contributed by atoms with Crippen LogP contribution in [-0.2, 0) is 11.2 Å². The highest BCUT2D eigenvalue weighted by atomic mass is 16.5. The molecule has 1 saturated heterocycles. The van der Waals surface area contributed by atoms with Crippen molar-refractivity contribution >= 4 is 0 Å². The number of nitrogens with zero attached hydrogens (tertiary/aromatic N) is 3. The molecule has 5 nitrogen and oxygen atoms in total.